The molecule has 14 heavy (non-hydrogen) atoms. The van der Waals surface area contributed by atoms with E-state index < -0.39 is 6.09 Å². The molecule has 1 rings (SSSR count). The van der Waals surface area contributed by atoms with Crippen molar-refractivity contribution in [2.75, 3.05) is 7.05 Å². The number of carbonyl (C=O) groups is 1. The molecule has 0 saturated carbocycles. The molecule has 0 saturated heterocycles. The number of amides is 1. The molecule has 0 bridgehead atoms. The minimum Gasteiger partial charge on any atom is -0.407 e. The van der Waals surface area contributed by atoms with Crippen molar-refractivity contribution in [3.05, 3.63) is 27.7 Å². The average molecular weight is 234 g/mol. The van der Waals surface area contributed by atoms with E-state index in [0.29, 0.717) is 10.0 Å². The Bertz CT molecular complexity index is 343. The third-order valence-corrected chi connectivity index (χ3v) is 2.10. The van der Waals surface area contributed by atoms with Gasteiger partial charge < -0.3 is 10.1 Å². The number of aryl methyl sites for hydroxylation is 1. The molecule has 1 aromatic rings. The van der Waals surface area contributed by atoms with E-state index in [0.717, 1.165) is 5.56 Å². The lowest BCUT2D eigenvalue weighted by atomic mass is 10.2. The molecule has 0 aromatic heterocycles. The van der Waals surface area contributed by atoms with Crippen LogP contribution in [0.5, 0.6) is 5.75 Å². The third kappa shape index (κ3) is 2.53. The first-order chi connectivity index (χ1) is 6.54. The van der Waals surface area contributed by atoms with Crippen LogP contribution in [0.15, 0.2) is 12.1 Å². The molecule has 0 atom stereocenters. The summed E-state index contributed by atoms with van der Waals surface area (Å²) in [6.07, 6.45) is -0.599. The van der Waals surface area contributed by atoms with Crippen LogP contribution in [0.25, 0.3) is 0 Å². The predicted molar refractivity (Wildman–Crippen MR) is 56.3 cm³/mol. The van der Waals surface area contributed by atoms with Gasteiger partial charge in [0.15, 0.2) is 5.75 Å². The maximum absolute atomic E-state index is 10.9. The van der Waals surface area contributed by atoms with Gasteiger partial charge in [0.05, 0.1) is 10.0 Å². The van der Waals surface area contributed by atoms with E-state index in [1.165, 1.54) is 7.05 Å². The highest BCUT2D eigenvalue weighted by Gasteiger charge is 2.11. The molecular formula is C9H9Cl2NO2. The molecule has 76 valence electrons. The van der Waals surface area contributed by atoms with Crippen LogP contribution in [0.2, 0.25) is 10.0 Å². The van der Waals surface area contributed by atoms with Crippen LogP contribution in [0.3, 0.4) is 0 Å². The molecule has 1 aromatic carbocycles. The van der Waals surface area contributed by atoms with Crippen molar-refractivity contribution in [2.24, 2.45) is 0 Å². The van der Waals surface area contributed by atoms with E-state index in [-0.39, 0.29) is 5.75 Å². The molecule has 1 amide bonds. The topological polar surface area (TPSA) is 38.3 Å². The van der Waals surface area contributed by atoms with E-state index in [1.54, 1.807) is 12.1 Å². The standard InChI is InChI=1S/C9H9Cl2NO2/c1-5-3-6(10)8(7(11)4-5)14-9(13)12-2/h3-4H,1-2H3,(H,12,13). The number of rotatable bonds is 1. The number of ether oxygens (including phenoxy) is 1. The van der Waals surface area contributed by atoms with E-state index in [1.807, 2.05) is 6.92 Å². The van der Waals surface area contributed by atoms with Crippen molar-refractivity contribution in [1.82, 2.24) is 5.32 Å². The molecule has 0 unspecified atom stereocenters. The van der Waals surface area contributed by atoms with Gasteiger partial charge in [-0.3, -0.25) is 0 Å². The zero-order chi connectivity index (χ0) is 10.7. The average Bonchev–Trinajstić information content (AvgIpc) is 2.10. The summed E-state index contributed by atoms with van der Waals surface area (Å²) in [6.45, 7) is 1.85. The molecule has 0 heterocycles. The van der Waals surface area contributed by atoms with Gasteiger partial charge in [-0.1, -0.05) is 23.2 Å². The van der Waals surface area contributed by atoms with Gasteiger partial charge in [0.2, 0.25) is 0 Å². The van der Waals surface area contributed by atoms with Crippen LogP contribution in [-0.2, 0) is 0 Å². The van der Waals surface area contributed by atoms with Crippen LogP contribution in [-0.4, -0.2) is 13.1 Å². The first-order valence-corrected chi connectivity index (χ1v) is 4.65. The summed E-state index contributed by atoms with van der Waals surface area (Å²) in [5.41, 5.74) is 0.907. The van der Waals surface area contributed by atoms with Gasteiger partial charge in [0, 0.05) is 7.05 Å². The number of nitrogens with one attached hydrogen (secondary N) is 1. The van der Waals surface area contributed by atoms with Crippen LogP contribution in [0.1, 0.15) is 5.56 Å². The fraction of sp³-hybridized carbons (Fsp3) is 0.222. The number of carbonyl (C=O) groups excluding carboxylic acids is 1. The fourth-order valence-corrected chi connectivity index (χ4v) is 1.60. The molecule has 1 N–H and O–H groups in total. The van der Waals surface area contributed by atoms with Crippen molar-refractivity contribution in [3.63, 3.8) is 0 Å². The van der Waals surface area contributed by atoms with Crippen molar-refractivity contribution >= 4 is 29.3 Å². The van der Waals surface area contributed by atoms with Gasteiger partial charge in [-0.15, -0.1) is 0 Å². The van der Waals surface area contributed by atoms with E-state index in [2.05, 4.69) is 5.32 Å². The molecule has 0 radical (unpaired) electrons. The summed E-state index contributed by atoms with van der Waals surface area (Å²) >= 11 is 11.7. The lowest BCUT2D eigenvalue weighted by molar-refractivity contribution is 0.203. The molecule has 0 aliphatic heterocycles. The zero-order valence-electron chi connectivity index (χ0n) is 7.73. The molecule has 0 spiro atoms. The highest BCUT2D eigenvalue weighted by molar-refractivity contribution is 6.37. The van der Waals surface area contributed by atoms with E-state index in [9.17, 15) is 4.79 Å². The largest absolute Gasteiger partial charge is 0.412 e. The SMILES string of the molecule is CNC(=O)Oc1c(Cl)cc(C)cc1Cl. The van der Waals surface area contributed by atoms with Gasteiger partial charge in [0.25, 0.3) is 0 Å². The summed E-state index contributed by atoms with van der Waals surface area (Å²) in [7, 11) is 1.46. The van der Waals surface area contributed by atoms with E-state index in [4.69, 9.17) is 27.9 Å². The molecule has 0 fully saturated rings. The second-order valence-corrected chi connectivity index (χ2v) is 3.51. The lowest BCUT2D eigenvalue weighted by Crippen LogP contribution is -2.22. The van der Waals surface area contributed by atoms with Crippen LogP contribution < -0.4 is 10.1 Å². The van der Waals surface area contributed by atoms with Crippen molar-refractivity contribution in [1.29, 1.82) is 0 Å². The van der Waals surface area contributed by atoms with Crippen LogP contribution >= 0.6 is 23.2 Å². The monoisotopic (exact) mass is 233 g/mol. The normalized spacial score (nSPS) is 9.71. The first kappa shape index (κ1) is 11.1. The highest BCUT2D eigenvalue weighted by Crippen LogP contribution is 2.33. The molecule has 3 nitrogen and oxygen atoms in total. The van der Waals surface area contributed by atoms with Gasteiger partial charge in [-0.25, -0.2) is 4.79 Å². The van der Waals surface area contributed by atoms with Gasteiger partial charge in [-0.05, 0) is 24.6 Å². The minimum atomic E-state index is -0.599. The number of hydrogen-bond donors (Lipinski definition) is 1. The van der Waals surface area contributed by atoms with E-state index >= 15 is 0 Å². The minimum absolute atomic E-state index is 0.179. The summed E-state index contributed by atoms with van der Waals surface area (Å²) < 4.78 is 4.87. The summed E-state index contributed by atoms with van der Waals surface area (Å²) in [6, 6.07) is 3.34. The fourth-order valence-electron chi connectivity index (χ4n) is 0.928. The smallest absolute Gasteiger partial charge is 0.407 e. The predicted octanol–water partition coefficient (Wildman–Crippen LogP) is 3.02. The van der Waals surface area contributed by atoms with Gasteiger partial charge in [-0.2, -0.15) is 0 Å². The Labute approximate surface area is 92.0 Å². The Kier molecular flexibility index (Phi) is 3.61. The van der Waals surface area contributed by atoms with Crippen molar-refractivity contribution < 1.29 is 9.53 Å². The Morgan fingerprint density at radius 1 is 1.36 bits per heavy atom. The van der Waals surface area contributed by atoms with Gasteiger partial charge >= 0.3 is 6.09 Å². The molecule has 0 aliphatic carbocycles. The van der Waals surface area contributed by atoms with Crippen molar-refractivity contribution in [2.45, 2.75) is 6.92 Å². The summed E-state index contributed by atoms with van der Waals surface area (Å²) in [5, 5.41) is 2.94. The molecule has 5 heteroatoms. The van der Waals surface area contributed by atoms with Gasteiger partial charge in [0.1, 0.15) is 0 Å². The third-order valence-electron chi connectivity index (χ3n) is 1.54. The lowest BCUT2D eigenvalue weighted by Gasteiger charge is -2.08. The summed E-state index contributed by atoms with van der Waals surface area (Å²) in [5.74, 6) is 0.179. The Morgan fingerprint density at radius 2 is 1.86 bits per heavy atom. The summed E-state index contributed by atoms with van der Waals surface area (Å²) in [4.78, 5) is 10.9. The first-order valence-electron chi connectivity index (χ1n) is 3.90. The van der Waals surface area contributed by atoms with Crippen LogP contribution in [0, 0.1) is 6.92 Å². The zero-order valence-corrected chi connectivity index (χ0v) is 9.24. The number of hydrogen-bond acceptors (Lipinski definition) is 2. The Balaban J connectivity index is 3.02. The number of halogens is 2. The quantitative estimate of drug-likeness (QED) is 0.810. The number of benzene rings is 1. The second kappa shape index (κ2) is 4.53. The molecular weight excluding hydrogens is 225 g/mol. The van der Waals surface area contributed by atoms with Crippen LogP contribution in [0.4, 0.5) is 4.79 Å². The van der Waals surface area contributed by atoms with Crippen molar-refractivity contribution in [3.8, 4) is 5.75 Å². The highest BCUT2D eigenvalue weighted by atomic mass is 35.5. The molecule has 0 aliphatic rings. The Morgan fingerprint density at radius 3 is 2.29 bits per heavy atom. The Hall–Kier alpha value is -0.930. The maximum Gasteiger partial charge on any atom is 0.412 e. The maximum atomic E-state index is 10.9. The second-order valence-electron chi connectivity index (χ2n) is 2.70.